The zero-order chi connectivity index (χ0) is 17.4. The average Bonchev–Trinajstić information content (AvgIpc) is 3.00. The fourth-order valence-corrected chi connectivity index (χ4v) is 5.79. The van der Waals surface area contributed by atoms with E-state index >= 15 is 0 Å². The zero-order valence-corrected chi connectivity index (χ0v) is 15.1. The Morgan fingerprint density at radius 1 is 1.12 bits per heavy atom. The maximum absolute atomic E-state index is 13.1. The van der Waals surface area contributed by atoms with E-state index < -0.39 is 10.0 Å². The van der Waals surface area contributed by atoms with Crippen LogP contribution in [0.3, 0.4) is 0 Å². The Hall–Kier alpha value is -1.60. The van der Waals surface area contributed by atoms with Gasteiger partial charge in [-0.2, -0.15) is 0 Å². The molecule has 3 fully saturated rings. The molecule has 3 aliphatic rings. The number of ether oxygens (including phenoxy) is 1. The van der Waals surface area contributed by atoms with E-state index in [0.717, 1.165) is 25.7 Å². The fraction of sp³-hybridized carbons (Fsp3) is 0.611. The molecule has 1 saturated carbocycles. The molecule has 1 aromatic rings. The van der Waals surface area contributed by atoms with Gasteiger partial charge in [0.15, 0.2) is 0 Å². The molecule has 136 valence electrons. The largest absolute Gasteiger partial charge is 0.374 e. The van der Waals surface area contributed by atoms with Crippen molar-refractivity contribution in [3.05, 3.63) is 29.8 Å². The van der Waals surface area contributed by atoms with Gasteiger partial charge in [0, 0.05) is 18.7 Å². The minimum atomic E-state index is -3.24. The Morgan fingerprint density at radius 3 is 2.76 bits per heavy atom. The zero-order valence-electron chi connectivity index (χ0n) is 14.3. The molecule has 0 radical (unpaired) electrons. The standard InChI is InChI=1S/C18H24N2O4S/c21-18(19-10-11-24-17-8-2-1-7-16(17)19)14-5-3-6-15(13-14)20-9-4-12-25(20,22)23/h3,5-6,13,16-17H,1-2,4,7-12H2. The molecule has 0 bridgehead atoms. The van der Waals surface area contributed by atoms with Crippen molar-refractivity contribution in [3.63, 3.8) is 0 Å². The van der Waals surface area contributed by atoms with Crippen LogP contribution in [0.25, 0.3) is 0 Å². The van der Waals surface area contributed by atoms with Crippen molar-refractivity contribution in [1.82, 2.24) is 4.90 Å². The summed E-state index contributed by atoms with van der Waals surface area (Å²) < 4.78 is 31.6. The first-order chi connectivity index (χ1) is 12.1. The number of hydrogen-bond donors (Lipinski definition) is 0. The van der Waals surface area contributed by atoms with Gasteiger partial charge < -0.3 is 9.64 Å². The number of benzene rings is 1. The molecule has 2 saturated heterocycles. The van der Waals surface area contributed by atoms with Gasteiger partial charge in [0.05, 0.1) is 30.2 Å². The van der Waals surface area contributed by atoms with Crippen LogP contribution in [-0.2, 0) is 14.8 Å². The summed E-state index contributed by atoms with van der Waals surface area (Å²) in [4.78, 5) is 15.0. The molecule has 2 atom stereocenters. The second-order valence-corrected chi connectivity index (χ2v) is 9.06. The van der Waals surface area contributed by atoms with Gasteiger partial charge in [-0.1, -0.05) is 18.9 Å². The van der Waals surface area contributed by atoms with Crippen LogP contribution in [0.15, 0.2) is 24.3 Å². The predicted molar refractivity (Wildman–Crippen MR) is 95.2 cm³/mol. The number of morpholine rings is 1. The quantitative estimate of drug-likeness (QED) is 0.805. The first-order valence-corrected chi connectivity index (χ1v) is 10.7. The molecule has 2 heterocycles. The Labute approximate surface area is 148 Å². The van der Waals surface area contributed by atoms with Gasteiger partial charge in [0.1, 0.15) is 0 Å². The smallest absolute Gasteiger partial charge is 0.254 e. The van der Waals surface area contributed by atoms with Gasteiger partial charge in [0.2, 0.25) is 10.0 Å². The Balaban J connectivity index is 1.59. The Morgan fingerprint density at radius 2 is 1.96 bits per heavy atom. The van der Waals surface area contributed by atoms with E-state index in [1.54, 1.807) is 24.3 Å². The van der Waals surface area contributed by atoms with Crippen molar-refractivity contribution in [3.8, 4) is 0 Å². The molecule has 1 aliphatic carbocycles. The number of carbonyl (C=O) groups excluding carboxylic acids is 1. The van der Waals surface area contributed by atoms with Gasteiger partial charge in [-0.25, -0.2) is 8.42 Å². The third-order valence-corrected chi connectivity index (χ3v) is 7.34. The van der Waals surface area contributed by atoms with Crippen LogP contribution in [0, 0.1) is 0 Å². The van der Waals surface area contributed by atoms with E-state index in [2.05, 4.69) is 0 Å². The molecule has 25 heavy (non-hydrogen) atoms. The molecule has 1 aromatic carbocycles. The van der Waals surface area contributed by atoms with Crippen LogP contribution < -0.4 is 4.31 Å². The van der Waals surface area contributed by atoms with Crippen molar-refractivity contribution in [2.45, 2.75) is 44.2 Å². The molecule has 0 N–H and O–H groups in total. The number of hydrogen-bond acceptors (Lipinski definition) is 4. The van der Waals surface area contributed by atoms with Gasteiger partial charge in [0.25, 0.3) is 5.91 Å². The summed E-state index contributed by atoms with van der Waals surface area (Å²) in [6, 6.07) is 7.19. The fourth-order valence-electron chi connectivity index (χ4n) is 4.24. The first-order valence-electron chi connectivity index (χ1n) is 9.09. The van der Waals surface area contributed by atoms with E-state index in [4.69, 9.17) is 4.74 Å². The normalized spacial score (nSPS) is 28.6. The lowest BCUT2D eigenvalue weighted by Crippen LogP contribution is -2.54. The number of sulfonamides is 1. The van der Waals surface area contributed by atoms with Crippen molar-refractivity contribution in [2.24, 2.45) is 0 Å². The van der Waals surface area contributed by atoms with Crippen LogP contribution in [0.1, 0.15) is 42.5 Å². The maximum Gasteiger partial charge on any atom is 0.254 e. The lowest BCUT2D eigenvalue weighted by Gasteiger charge is -2.43. The number of anilines is 1. The van der Waals surface area contributed by atoms with Crippen molar-refractivity contribution in [1.29, 1.82) is 0 Å². The van der Waals surface area contributed by atoms with Gasteiger partial charge >= 0.3 is 0 Å². The molecular weight excluding hydrogens is 340 g/mol. The molecule has 2 unspecified atom stereocenters. The minimum absolute atomic E-state index is 0.0151. The molecule has 7 heteroatoms. The van der Waals surface area contributed by atoms with E-state index in [1.807, 2.05) is 4.90 Å². The summed E-state index contributed by atoms with van der Waals surface area (Å²) in [6.07, 6.45) is 5.06. The third kappa shape index (κ3) is 3.15. The lowest BCUT2D eigenvalue weighted by atomic mass is 9.89. The van der Waals surface area contributed by atoms with E-state index in [0.29, 0.717) is 37.4 Å². The number of nitrogens with zero attached hydrogens (tertiary/aromatic N) is 2. The number of carbonyl (C=O) groups is 1. The van der Waals surface area contributed by atoms with Crippen LogP contribution >= 0.6 is 0 Å². The molecule has 0 aromatic heterocycles. The van der Waals surface area contributed by atoms with Crippen LogP contribution in [0.5, 0.6) is 0 Å². The van der Waals surface area contributed by atoms with Crippen molar-refractivity contribution < 1.29 is 17.9 Å². The van der Waals surface area contributed by atoms with Crippen molar-refractivity contribution >= 4 is 21.6 Å². The second kappa shape index (κ2) is 6.61. The van der Waals surface area contributed by atoms with Crippen molar-refractivity contribution in [2.75, 3.05) is 29.8 Å². The van der Waals surface area contributed by atoms with E-state index in [1.165, 1.54) is 4.31 Å². The van der Waals surface area contributed by atoms with Crippen LogP contribution in [0.4, 0.5) is 5.69 Å². The summed E-state index contributed by atoms with van der Waals surface area (Å²) >= 11 is 0. The summed E-state index contributed by atoms with van der Waals surface area (Å²) in [6.45, 7) is 1.67. The second-order valence-electron chi connectivity index (χ2n) is 7.05. The average molecular weight is 364 g/mol. The topological polar surface area (TPSA) is 66.9 Å². The maximum atomic E-state index is 13.1. The molecule has 0 spiro atoms. The Kier molecular flexibility index (Phi) is 4.45. The van der Waals surface area contributed by atoms with Crippen LogP contribution in [0.2, 0.25) is 0 Å². The van der Waals surface area contributed by atoms with E-state index in [9.17, 15) is 13.2 Å². The number of fused-ring (bicyclic) bond motifs is 1. The molecule has 6 nitrogen and oxygen atoms in total. The summed E-state index contributed by atoms with van der Waals surface area (Å²) in [5, 5.41) is 0. The highest BCUT2D eigenvalue weighted by Gasteiger charge is 2.37. The third-order valence-electron chi connectivity index (χ3n) is 5.47. The SMILES string of the molecule is O=C(c1cccc(N2CCCS2(=O)=O)c1)N1CCOC2CCCCC21. The molecule has 2 aliphatic heterocycles. The van der Waals surface area contributed by atoms with E-state index in [-0.39, 0.29) is 23.8 Å². The highest BCUT2D eigenvalue weighted by molar-refractivity contribution is 7.93. The number of rotatable bonds is 2. The monoisotopic (exact) mass is 364 g/mol. The first kappa shape index (κ1) is 16.8. The Bertz CT molecular complexity index is 762. The minimum Gasteiger partial charge on any atom is -0.374 e. The highest BCUT2D eigenvalue weighted by atomic mass is 32.2. The summed E-state index contributed by atoms with van der Waals surface area (Å²) in [5.74, 6) is 0.164. The summed E-state index contributed by atoms with van der Waals surface area (Å²) in [5.41, 5.74) is 1.16. The predicted octanol–water partition coefficient (Wildman–Crippen LogP) is 2.01. The lowest BCUT2D eigenvalue weighted by molar-refractivity contribution is -0.0752. The van der Waals surface area contributed by atoms with Gasteiger partial charge in [-0.15, -0.1) is 0 Å². The molecule has 1 amide bonds. The van der Waals surface area contributed by atoms with Crippen LogP contribution in [-0.4, -0.2) is 56.8 Å². The molecular formula is C18H24N2O4S. The van der Waals surface area contributed by atoms with Gasteiger partial charge in [-0.3, -0.25) is 9.10 Å². The summed E-state index contributed by atoms with van der Waals surface area (Å²) in [7, 11) is -3.24. The highest BCUT2D eigenvalue weighted by Crippen LogP contribution is 2.30. The number of amides is 1. The molecule has 4 rings (SSSR count). The van der Waals surface area contributed by atoms with Gasteiger partial charge in [-0.05, 0) is 37.5 Å².